The molecule has 0 N–H and O–H groups in total. The quantitative estimate of drug-likeness (QED) is 0.755. The van der Waals surface area contributed by atoms with Crippen LogP contribution in [0.5, 0.6) is 0 Å². The number of rotatable bonds is 3. The molecule has 0 unspecified atom stereocenters. The van der Waals surface area contributed by atoms with Crippen LogP contribution in [0.25, 0.3) is 11.8 Å². The van der Waals surface area contributed by atoms with Crippen LogP contribution in [0.15, 0.2) is 57.9 Å². The van der Waals surface area contributed by atoms with Gasteiger partial charge in [-0.15, -0.1) is 0 Å². The Morgan fingerprint density at radius 1 is 1.04 bits per heavy atom. The molecule has 124 valence electrons. The van der Waals surface area contributed by atoms with Gasteiger partial charge in [0.25, 0.3) is 11.5 Å². The predicted octanol–water partition coefficient (Wildman–Crippen LogP) is 3.62. The van der Waals surface area contributed by atoms with Crippen LogP contribution in [-0.2, 0) is 4.79 Å². The van der Waals surface area contributed by atoms with Gasteiger partial charge in [-0.2, -0.15) is 0 Å². The van der Waals surface area contributed by atoms with Gasteiger partial charge in [0, 0.05) is 29.8 Å². The molecule has 1 amide bonds. The summed E-state index contributed by atoms with van der Waals surface area (Å²) < 4.78 is 2.36. The number of halogens is 1. The van der Waals surface area contributed by atoms with E-state index in [9.17, 15) is 9.59 Å². The standard InChI is InChI=1S/C19H19BrN2O2/c20-16-8-6-7-15(13-16)14-17(22-12-5-2-9-18(22)23)19(24)21-10-3-1-4-11-21/h2,5-9,12-14H,1,3-4,10-11H2/b17-14+. The minimum absolute atomic E-state index is 0.0945. The van der Waals surface area contributed by atoms with Crippen molar-refractivity contribution in [1.29, 1.82) is 0 Å². The van der Waals surface area contributed by atoms with Crippen LogP contribution in [0.3, 0.4) is 0 Å². The SMILES string of the molecule is O=C(/C(=C\c1cccc(Br)c1)n1ccccc1=O)N1CCCCC1. The van der Waals surface area contributed by atoms with Crippen molar-refractivity contribution in [2.45, 2.75) is 19.3 Å². The first kappa shape index (κ1) is 16.7. The summed E-state index contributed by atoms with van der Waals surface area (Å²) in [5, 5.41) is 0. The minimum Gasteiger partial charge on any atom is -0.337 e. The Morgan fingerprint density at radius 2 is 1.83 bits per heavy atom. The largest absolute Gasteiger partial charge is 0.337 e. The van der Waals surface area contributed by atoms with Gasteiger partial charge in [0.2, 0.25) is 0 Å². The van der Waals surface area contributed by atoms with Crippen LogP contribution in [0.4, 0.5) is 0 Å². The highest BCUT2D eigenvalue weighted by atomic mass is 79.9. The van der Waals surface area contributed by atoms with E-state index in [1.807, 2.05) is 29.2 Å². The van der Waals surface area contributed by atoms with Crippen molar-refractivity contribution in [3.05, 3.63) is 69.1 Å². The summed E-state index contributed by atoms with van der Waals surface area (Å²) in [7, 11) is 0. The second-order valence-corrected chi connectivity index (χ2v) is 6.76. The van der Waals surface area contributed by atoms with Crippen LogP contribution in [0.1, 0.15) is 24.8 Å². The zero-order valence-electron chi connectivity index (χ0n) is 13.3. The molecule has 0 radical (unpaired) electrons. The van der Waals surface area contributed by atoms with Gasteiger partial charge in [-0.05, 0) is 49.1 Å². The number of aromatic nitrogens is 1. The molecule has 1 aromatic carbocycles. The molecule has 1 saturated heterocycles. The number of pyridine rings is 1. The molecular formula is C19H19BrN2O2. The fraction of sp³-hybridized carbons (Fsp3) is 0.263. The Balaban J connectivity index is 2.05. The number of carbonyl (C=O) groups excluding carboxylic acids is 1. The summed E-state index contributed by atoms with van der Waals surface area (Å²) in [6.45, 7) is 1.49. The van der Waals surface area contributed by atoms with E-state index in [1.165, 1.54) is 10.6 Å². The Bertz CT molecular complexity index is 820. The number of benzene rings is 1. The van der Waals surface area contributed by atoms with Crippen molar-refractivity contribution in [2.24, 2.45) is 0 Å². The molecule has 0 atom stereocenters. The molecule has 1 fully saturated rings. The van der Waals surface area contributed by atoms with Crippen molar-refractivity contribution in [3.63, 3.8) is 0 Å². The average molecular weight is 387 g/mol. The van der Waals surface area contributed by atoms with Crippen LogP contribution < -0.4 is 5.56 Å². The maximum Gasteiger partial charge on any atom is 0.270 e. The van der Waals surface area contributed by atoms with Crippen molar-refractivity contribution in [1.82, 2.24) is 9.47 Å². The number of hydrogen-bond acceptors (Lipinski definition) is 2. The highest BCUT2D eigenvalue weighted by Gasteiger charge is 2.22. The molecule has 0 aliphatic carbocycles. The van der Waals surface area contributed by atoms with E-state index in [2.05, 4.69) is 15.9 Å². The van der Waals surface area contributed by atoms with Crippen molar-refractivity contribution in [3.8, 4) is 0 Å². The van der Waals surface area contributed by atoms with E-state index in [0.717, 1.165) is 42.4 Å². The van der Waals surface area contributed by atoms with Crippen LogP contribution >= 0.6 is 15.9 Å². The van der Waals surface area contributed by atoms with Gasteiger partial charge in [-0.25, -0.2) is 0 Å². The second kappa shape index (κ2) is 7.62. The molecule has 1 aliphatic rings. The Labute approximate surface area is 149 Å². The molecule has 24 heavy (non-hydrogen) atoms. The Kier molecular flexibility index (Phi) is 5.30. The number of hydrogen-bond donors (Lipinski definition) is 0. The van der Waals surface area contributed by atoms with E-state index in [-0.39, 0.29) is 11.5 Å². The molecule has 2 heterocycles. The van der Waals surface area contributed by atoms with Crippen molar-refractivity contribution < 1.29 is 4.79 Å². The zero-order chi connectivity index (χ0) is 16.9. The number of nitrogens with zero attached hydrogens (tertiary/aromatic N) is 2. The number of likely N-dealkylation sites (tertiary alicyclic amines) is 1. The molecule has 2 aromatic rings. The number of amides is 1. The lowest BCUT2D eigenvalue weighted by atomic mass is 10.1. The first-order chi connectivity index (χ1) is 11.6. The lowest BCUT2D eigenvalue weighted by Crippen LogP contribution is -2.38. The van der Waals surface area contributed by atoms with Gasteiger partial charge in [-0.3, -0.25) is 14.2 Å². The zero-order valence-corrected chi connectivity index (χ0v) is 14.9. The van der Waals surface area contributed by atoms with E-state index in [0.29, 0.717) is 5.70 Å². The minimum atomic E-state index is -0.205. The topological polar surface area (TPSA) is 42.3 Å². The summed E-state index contributed by atoms with van der Waals surface area (Å²) in [5.41, 5.74) is 1.06. The van der Waals surface area contributed by atoms with E-state index < -0.39 is 0 Å². The second-order valence-electron chi connectivity index (χ2n) is 5.85. The predicted molar refractivity (Wildman–Crippen MR) is 99.4 cm³/mol. The molecule has 1 aromatic heterocycles. The van der Waals surface area contributed by atoms with Gasteiger partial charge in [0.15, 0.2) is 0 Å². The Hall–Kier alpha value is -2.14. The van der Waals surface area contributed by atoms with E-state index >= 15 is 0 Å². The first-order valence-corrected chi connectivity index (χ1v) is 8.89. The van der Waals surface area contributed by atoms with Gasteiger partial charge in [0.1, 0.15) is 5.70 Å². The lowest BCUT2D eigenvalue weighted by Gasteiger charge is -2.28. The van der Waals surface area contributed by atoms with Crippen molar-refractivity contribution >= 4 is 33.6 Å². The molecule has 0 saturated carbocycles. The lowest BCUT2D eigenvalue weighted by molar-refractivity contribution is -0.126. The third-order valence-electron chi connectivity index (χ3n) is 4.10. The Morgan fingerprint density at radius 3 is 2.54 bits per heavy atom. The summed E-state index contributed by atoms with van der Waals surface area (Å²) in [6, 6.07) is 12.6. The third-order valence-corrected chi connectivity index (χ3v) is 4.59. The molecule has 4 nitrogen and oxygen atoms in total. The molecule has 1 aliphatic heterocycles. The molecule has 3 rings (SSSR count). The average Bonchev–Trinajstić information content (AvgIpc) is 2.61. The van der Waals surface area contributed by atoms with Gasteiger partial charge in [-0.1, -0.05) is 34.1 Å². The summed E-state index contributed by atoms with van der Waals surface area (Å²) in [4.78, 5) is 27.1. The van der Waals surface area contributed by atoms with E-state index in [4.69, 9.17) is 0 Å². The van der Waals surface area contributed by atoms with Gasteiger partial charge >= 0.3 is 0 Å². The van der Waals surface area contributed by atoms with Crippen LogP contribution in [0, 0.1) is 0 Å². The molecule has 0 bridgehead atoms. The fourth-order valence-electron chi connectivity index (χ4n) is 2.87. The number of carbonyl (C=O) groups is 1. The van der Waals surface area contributed by atoms with Gasteiger partial charge in [0.05, 0.1) is 0 Å². The first-order valence-electron chi connectivity index (χ1n) is 8.10. The fourth-order valence-corrected chi connectivity index (χ4v) is 3.29. The summed E-state index contributed by atoms with van der Waals surface area (Å²) in [5.74, 6) is -0.0945. The van der Waals surface area contributed by atoms with Gasteiger partial charge < -0.3 is 4.90 Å². The highest BCUT2D eigenvalue weighted by molar-refractivity contribution is 9.10. The van der Waals surface area contributed by atoms with Crippen LogP contribution in [0.2, 0.25) is 0 Å². The maximum atomic E-state index is 13.0. The maximum absolute atomic E-state index is 13.0. The molecule has 0 spiro atoms. The highest BCUT2D eigenvalue weighted by Crippen LogP contribution is 2.19. The summed E-state index contributed by atoms with van der Waals surface area (Å²) >= 11 is 3.44. The summed E-state index contributed by atoms with van der Waals surface area (Å²) in [6.07, 6.45) is 6.61. The van der Waals surface area contributed by atoms with Crippen LogP contribution in [-0.4, -0.2) is 28.5 Å². The normalized spacial score (nSPS) is 15.4. The monoisotopic (exact) mass is 386 g/mol. The number of piperidine rings is 1. The smallest absolute Gasteiger partial charge is 0.270 e. The third kappa shape index (κ3) is 3.85. The molecular weight excluding hydrogens is 368 g/mol. The van der Waals surface area contributed by atoms with E-state index in [1.54, 1.807) is 24.4 Å². The van der Waals surface area contributed by atoms with Crippen molar-refractivity contribution in [2.75, 3.05) is 13.1 Å². The molecule has 5 heteroatoms.